The summed E-state index contributed by atoms with van der Waals surface area (Å²) in [6.07, 6.45) is 1.14. The number of carboxylic acid groups (broad SMARTS) is 1. The third kappa shape index (κ3) is 3.40. The number of rotatable bonds is 5. The molecular weight excluding hydrogens is 274 g/mol. The number of aromatic nitrogens is 2. The second-order valence-electron chi connectivity index (χ2n) is 6.13. The van der Waals surface area contributed by atoms with Gasteiger partial charge in [-0.1, -0.05) is 19.0 Å². The summed E-state index contributed by atoms with van der Waals surface area (Å²) < 4.78 is 5.09. The van der Waals surface area contributed by atoms with Crippen molar-refractivity contribution in [2.24, 2.45) is 5.41 Å². The molecule has 1 aromatic rings. The van der Waals surface area contributed by atoms with Crippen LogP contribution < -0.4 is 0 Å². The fourth-order valence-corrected chi connectivity index (χ4v) is 2.32. The van der Waals surface area contributed by atoms with Crippen molar-refractivity contribution in [3.8, 4) is 0 Å². The van der Waals surface area contributed by atoms with Crippen molar-refractivity contribution < 1.29 is 19.2 Å². The molecule has 7 nitrogen and oxygen atoms in total. The van der Waals surface area contributed by atoms with E-state index >= 15 is 0 Å². The zero-order valence-electron chi connectivity index (χ0n) is 12.6. The lowest BCUT2D eigenvalue weighted by Gasteiger charge is -2.19. The molecule has 1 aromatic heterocycles. The predicted molar refractivity (Wildman–Crippen MR) is 73.6 cm³/mol. The molecule has 1 N–H and O–H groups in total. The van der Waals surface area contributed by atoms with Crippen LogP contribution in [-0.4, -0.2) is 45.1 Å². The van der Waals surface area contributed by atoms with Gasteiger partial charge in [0.05, 0.1) is 5.41 Å². The van der Waals surface area contributed by atoms with E-state index in [1.165, 1.54) is 0 Å². The Kier molecular flexibility index (Phi) is 4.29. The average Bonchev–Trinajstić information content (AvgIpc) is 3.03. The van der Waals surface area contributed by atoms with Gasteiger partial charge in [-0.2, -0.15) is 4.98 Å². The van der Waals surface area contributed by atoms with Crippen LogP contribution in [0.3, 0.4) is 0 Å². The Morgan fingerprint density at radius 3 is 2.71 bits per heavy atom. The van der Waals surface area contributed by atoms with Crippen LogP contribution in [0.5, 0.6) is 0 Å². The van der Waals surface area contributed by atoms with E-state index in [-0.39, 0.29) is 24.8 Å². The topological polar surface area (TPSA) is 96.5 Å². The first-order valence-electron chi connectivity index (χ1n) is 7.15. The van der Waals surface area contributed by atoms with Crippen LogP contribution in [0.2, 0.25) is 0 Å². The van der Waals surface area contributed by atoms with Gasteiger partial charge >= 0.3 is 5.97 Å². The number of aryl methyl sites for hydroxylation is 1. The summed E-state index contributed by atoms with van der Waals surface area (Å²) in [7, 11) is 0. The molecule has 0 aliphatic carbocycles. The Labute approximate surface area is 123 Å². The lowest BCUT2D eigenvalue weighted by molar-refractivity contribution is -0.147. The monoisotopic (exact) mass is 295 g/mol. The van der Waals surface area contributed by atoms with Gasteiger partial charge in [-0.3, -0.25) is 9.59 Å². The molecule has 0 saturated carbocycles. The predicted octanol–water partition coefficient (Wildman–Crippen LogP) is 1.45. The molecule has 1 atom stereocenters. The average molecular weight is 295 g/mol. The third-order valence-electron chi connectivity index (χ3n) is 3.90. The fraction of sp³-hybridized carbons (Fsp3) is 0.714. The number of nitrogens with zero attached hydrogens (tertiary/aromatic N) is 3. The smallest absolute Gasteiger partial charge is 0.311 e. The van der Waals surface area contributed by atoms with Gasteiger partial charge in [0, 0.05) is 31.8 Å². The number of carbonyl (C=O) groups is 2. The molecule has 1 fully saturated rings. The molecule has 0 spiro atoms. The van der Waals surface area contributed by atoms with E-state index in [0.717, 1.165) is 0 Å². The lowest BCUT2D eigenvalue weighted by Crippen LogP contribution is -2.34. The molecule has 0 radical (unpaired) electrons. The Hall–Kier alpha value is -1.92. The van der Waals surface area contributed by atoms with Crippen molar-refractivity contribution in [1.29, 1.82) is 0 Å². The minimum absolute atomic E-state index is 0.0655. The second kappa shape index (κ2) is 5.83. The highest BCUT2D eigenvalue weighted by Gasteiger charge is 2.41. The highest BCUT2D eigenvalue weighted by molar-refractivity contribution is 5.80. The number of amides is 1. The Bertz CT molecular complexity index is 540. The molecule has 0 aromatic carbocycles. The van der Waals surface area contributed by atoms with E-state index in [4.69, 9.17) is 9.63 Å². The standard InChI is InChI=1S/C14H21N3O4/c1-9(2)12-15-10(21-16-12)4-5-11(18)17-7-6-14(3,8-17)13(19)20/h9H,4-8H2,1-3H3,(H,19,20). The molecule has 116 valence electrons. The maximum atomic E-state index is 12.1. The summed E-state index contributed by atoms with van der Waals surface area (Å²) in [4.78, 5) is 29.1. The van der Waals surface area contributed by atoms with E-state index < -0.39 is 11.4 Å². The number of aliphatic carboxylic acids is 1. The molecule has 2 heterocycles. The molecule has 1 aliphatic heterocycles. The summed E-state index contributed by atoms with van der Waals surface area (Å²) in [6, 6.07) is 0. The van der Waals surface area contributed by atoms with Crippen LogP contribution in [0, 0.1) is 5.41 Å². The van der Waals surface area contributed by atoms with Gasteiger partial charge in [-0.25, -0.2) is 0 Å². The zero-order chi connectivity index (χ0) is 15.6. The minimum atomic E-state index is -0.851. The van der Waals surface area contributed by atoms with Gasteiger partial charge in [-0.15, -0.1) is 0 Å². The highest BCUT2D eigenvalue weighted by Crippen LogP contribution is 2.30. The van der Waals surface area contributed by atoms with Crippen molar-refractivity contribution in [3.63, 3.8) is 0 Å². The van der Waals surface area contributed by atoms with Crippen molar-refractivity contribution in [1.82, 2.24) is 15.0 Å². The summed E-state index contributed by atoms with van der Waals surface area (Å²) in [6.45, 7) is 6.37. The molecule has 21 heavy (non-hydrogen) atoms. The quantitative estimate of drug-likeness (QED) is 0.883. The van der Waals surface area contributed by atoms with Crippen LogP contribution in [0.15, 0.2) is 4.52 Å². The van der Waals surface area contributed by atoms with Crippen LogP contribution in [0.4, 0.5) is 0 Å². The Morgan fingerprint density at radius 2 is 2.19 bits per heavy atom. The first kappa shape index (κ1) is 15.5. The van der Waals surface area contributed by atoms with Crippen LogP contribution in [0.25, 0.3) is 0 Å². The highest BCUT2D eigenvalue weighted by atomic mass is 16.5. The number of hydrogen-bond acceptors (Lipinski definition) is 5. The summed E-state index contributed by atoms with van der Waals surface area (Å²) in [5, 5.41) is 13.0. The van der Waals surface area contributed by atoms with Crippen molar-refractivity contribution in [2.75, 3.05) is 13.1 Å². The molecule has 1 saturated heterocycles. The Balaban J connectivity index is 1.86. The lowest BCUT2D eigenvalue weighted by atomic mass is 9.90. The largest absolute Gasteiger partial charge is 0.481 e. The molecule has 0 bridgehead atoms. The number of carbonyl (C=O) groups excluding carboxylic acids is 1. The Morgan fingerprint density at radius 1 is 1.48 bits per heavy atom. The minimum Gasteiger partial charge on any atom is -0.481 e. The SMILES string of the molecule is CC(C)c1noc(CCC(=O)N2CCC(C)(C(=O)O)C2)n1. The maximum absolute atomic E-state index is 12.1. The summed E-state index contributed by atoms with van der Waals surface area (Å²) in [5.74, 6) is 0.359. The first-order valence-corrected chi connectivity index (χ1v) is 7.15. The van der Waals surface area contributed by atoms with Gasteiger partial charge in [0.15, 0.2) is 5.82 Å². The molecule has 7 heteroatoms. The fourth-order valence-electron chi connectivity index (χ4n) is 2.32. The van der Waals surface area contributed by atoms with E-state index in [1.54, 1.807) is 11.8 Å². The van der Waals surface area contributed by atoms with E-state index in [0.29, 0.717) is 31.1 Å². The normalized spacial score (nSPS) is 22.0. The third-order valence-corrected chi connectivity index (χ3v) is 3.90. The zero-order valence-corrected chi connectivity index (χ0v) is 12.6. The van der Waals surface area contributed by atoms with E-state index in [9.17, 15) is 9.59 Å². The molecule has 1 aliphatic rings. The van der Waals surface area contributed by atoms with Gasteiger partial charge in [0.25, 0.3) is 0 Å². The number of likely N-dealkylation sites (tertiary alicyclic amines) is 1. The maximum Gasteiger partial charge on any atom is 0.311 e. The van der Waals surface area contributed by atoms with Gasteiger partial charge in [0.2, 0.25) is 11.8 Å². The second-order valence-corrected chi connectivity index (χ2v) is 6.13. The van der Waals surface area contributed by atoms with Crippen molar-refractivity contribution in [2.45, 2.75) is 46.0 Å². The van der Waals surface area contributed by atoms with E-state index in [1.807, 2.05) is 13.8 Å². The van der Waals surface area contributed by atoms with Gasteiger partial charge < -0.3 is 14.5 Å². The molecular formula is C14H21N3O4. The van der Waals surface area contributed by atoms with Crippen molar-refractivity contribution >= 4 is 11.9 Å². The van der Waals surface area contributed by atoms with Crippen LogP contribution in [0.1, 0.15) is 51.2 Å². The molecule has 2 rings (SSSR count). The number of carboxylic acids is 1. The van der Waals surface area contributed by atoms with Crippen LogP contribution in [-0.2, 0) is 16.0 Å². The van der Waals surface area contributed by atoms with Crippen LogP contribution >= 0.6 is 0 Å². The van der Waals surface area contributed by atoms with Gasteiger partial charge in [0.1, 0.15) is 0 Å². The summed E-state index contributed by atoms with van der Waals surface area (Å²) in [5.41, 5.74) is -0.828. The van der Waals surface area contributed by atoms with Crippen molar-refractivity contribution in [3.05, 3.63) is 11.7 Å². The number of hydrogen-bond donors (Lipinski definition) is 1. The molecule has 1 amide bonds. The van der Waals surface area contributed by atoms with E-state index in [2.05, 4.69) is 10.1 Å². The van der Waals surface area contributed by atoms with Gasteiger partial charge in [-0.05, 0) is 13.3 Å². The summed E-state index contributed by atoms with van der Waals surface area (Å²) >= 11 is 0. The first-order chi connectivity index (χ1) is 9.82. The molecule has 1 unspecified atom stereocenters.